The van der Waals surface area contributed by atoms with Crippen LogP contribution in [0.15, 0.2) is 96.1 Å². The quantitative estimate of drug-likeness (QED) is 0.139. The van der Waals surface area contributed by atoms with Gasteiger partial charge in [-0.05, 0) is 0 Å². The van der Waals surface area contributed by atoms with E-state index in [4.69, 9.17) is 0 Å². The molecule has 10 aliphatic carbocycles. The third kappa shape index (κ3) is 7.19. The zero-order chi connectivity index (χ0) is 40.5. The zero-order valence-corrected chi connectivity index (χ0v) is 43.6. The fourth-order valence-electron chi connectivity index (χ4n) is 17.3. The molecule has 0 amide bonds. The summed E-state index contributed by atoms with van der Waals surface area (Å²) < 4.78 is 7.11. The van der Waals surface area contributed by atoms with Crippen LogP contribution in [0.25, 0.3) is 34.4 Å². The van der Waals surface area contributed by atoms with E-state index < -0.39 is 17.4 Å². The van der Waals surface area contributed by atoms with Crippen molar-refractivity contribution in [3.8, 4) is 22.3 Å². The Morgan fingerprint density at radius 3 is 1.13 bits per heavy atom. The van der Waals surface area contributed by atoms with Crippen LogP contribution in [0.4, 0.5) is 0 Å². The van der Waals surface area contributed by atoms with Gasteiger partial charge in [-0.1, -0.05) is 0 Å². The van der Waals surface area contributed by atoms with Gasteiger partial charge in [0.25, 0.3) is 0 Å². The van der Waals surface area contributed by atoms with E-state index in [-0.39, 0.29) is 24.8 Å². The van der Waals surface area contributed by atoms with E-state index in [1.165, 1.54) is 97.6 Å². The van der Waals surface area contributed by atoms with Gasteiger partial charge < -0.3 is 0 Å². The average Bonchev–Trinajstić information content (AvgIpc) is 3.83. The largest absolute Gasteiger partial charge is 0.147 e. The smallest absolute Gasteiger partial charge is 0.147 e. The number of rotatable bonds is 10. The second-order valence-electron chi connectivity index (χ2n) is 23.6. The Morgan fingerprint density at radius 1 is 0.468 bits per heavy atom. The van der Waals surface area contributed by atoms with Crippen molar-refractivity contribution in [1.29, 1.82) is 0 Å². The summed E-state index contributed by atoms with van der Waals surface area (Å²) >= 11 is -3.94. The van der Waals surface area contributed by atoms with Crippen molar-refractivity contribution in [3.05, 3.63) is 129 Å². The molecule has 4 aromatic rings. The molecule has 0 spiro atoms. The number of aryl methyl sites for hydroxylation is 2. The molecule has 10 aliphatic rings. The first-order chi connectivity index (χ1) is 29.1. The van der Waals surface area contributed by atoms with Gasteiger partial charge in [0.15, 0.2) is 0 Å². The summed E-state index contributed by atoms with van der Waals surface area (Å²) in [4.78, 5) is 0. The molecule has 8 bridgehead atoms. The summed E-state index contributed by atoms with van der Waals surface area (Å²) in [6.45, 7) is 7.20. The third-order valence-corrected chi connectivity index (χ3v) is 36.8. The molecular weight excluding hydrogens is 887 g/mol. The molecule has 4 aromatic carbocycles. The van der Waals surface area contributed by atoms with Crippen LogP contribution in [0.5, 0.6) is 0 Å². The molecule has 0 saturated heterocycles. The van der Waals surface area contributed by atoms with Gasteiger partial charge in [0.05, 0.1) is 0 Å². The molecule has 4 heteroatoms. The average molecular weight is 959 g/mol. The van der Waals surface area contributed by atoms with Gasteiger partial charge in [-0.25, -0.2) is 0 Å². The van der Waals surface area contributed by atoms with Gasteiger partial charge in [-0.3, -0.25) is 0 Å². The molecule has 0 N–H and O–H groups in total. The molecule has 8 fully saturated rings. The van der Waals surface area contributed by atoms with Gasteiger partial charge >= 0.3 is 368 Å². The zero-order valence-electron chi connectivity index (χ0n) is 38.1. The van der Waals surface area contributed by atoms with Crippen LogP contribution in [-0.4, -0.2) is 6.88 Å². The maximum Gasteiger partial charge on any atom is -0.147 e. The normalized spacial score (nSPS) is 33.4. The fourth-order valence-corrected chi connectivity index (χ4v) is 37.1. The number of hydrogen-bond acceptors (Lipinski definition) is 0. The predicted octanol–water partition coefficient (Wildman–Crippen LogP) is 15.8. The second kappa shape index (κ2) is 16.4. The van der Waals surface area contributed by atoms with Crippen LogP contribution in [0.1, 0.15) is 132 Å². The molecule has 326 valence electrons. The number of allylic oxidation sites excluding steroid dienone is 2. The summed E-state index contributed by atoms with van der Waals surface area (Å²) in [6, 6.07) is 34.3. The van der Waals surface area contributed by atoms with E-state index in [1.54, 1.807) is 35.1 Å². The third-order valence-electron chi connectivity index (χ3n) is 19.3. The van der Waals surface area contributed by atoms with E-state index in [9.17, 15) is 0 Å². The van der Waals surface area contributed by atoms with Crippen molar-refractivity contribution in [2.75, 3.05) is 0 Å². The summed E-state index contributed by atoms with van der Waals surface area (Å²) in [5, 5.41) is 0. The minimum atomic E-state index is -3.94. The minimum Gasteiger partial charge on any atom is -0.147 e. The van der Waals surface area contributed by atoms with Crippen LogP contribution >= 0.6 is 24.8 Å². The molecule has 8 saturated carbocycles. The van der Waals surface area contributed by atoms with E-state index in [0.29, 0.717) is 7.25 Å². The maximum atomic E-state index is 2.97. The van der Waals surface area contributed by atoms with Crippen molar-refractivity contribution in [2.45, 2.75) is 120 Å². The molecule has 0 aliphatic heterocycles. The van der Waals surface area contributed by atoms with Gasteiger partial charge in [0.2, 0.25) is 0 Å². The van der Waals surface area contributed by atoms with E-state index >= 15 is 0 Å². The fraction of sp³-hybridized carbons (Fsp3) is 0.517. The van der Waals surface area contributed by atoms with Gasteiger partial charge in [0, 0.05) is 0 Å². The van der Waals surface area contributed by atoms with Gasteiger partial charge in [-0.2, -0.15) is 0 Å². The molecule has 0 aromatic heterocycles. The van der Waals surface area contributed by atoms with Crippen LogP contribution in [0.2, 0.25) is 9.26 Å². The summed E-state index contributed by atoms with van der Waals surface area (Å²) in [5.74, 6) is 9.74. The maximum absolute atomic E-state index is 3.94. The molecule has 2 atom stereocenters. The summed E-state index contributed by atoms with van der Waals surface area (Å²) in [5.41, 5.74) is 18.9. The standard InChI is InChI=1S/2C28H31.2CH3.2ClH.H2Si.Zr/c2*1-2-18-6-8-22(9-7-18)26-5-3-4-23-11-21(17-28(23)26)16-27-24-12-19-10-20(14-24)15-25(27)13-19;;;;;;/h2*3-9,11,17,19-20,24-25,27H,2,10,12-16H2,1H3;2*1H3;2*1H;1H2;. The molecule has 14 rings (SSSR count). The van der Waals surface area contributed by atoms with Crippen LogP contribution in [0.3, 0.4) is 0 Å². The molecular formula is C58H72Cl2SiZr. The monoisotopic (exact) mass is 956 g/mol. The second-order valence-corrected chi connectivity index (χ2v) is 54.0. The Hall–Kier alpha value is -1.96. The molecule has 0 radical (unpaired) electrons. The van der Waals surface area contributed by atoms with Crippen LogP contribution in [0, 0.1) is 59.2 Å². The first-order valence-electron chi connectivity index (χ1n) is 25.0. The van der Waals surface area contributed by atoms with Crippen molar-refractivity contribution in [1.82, 2.24) is 0 Å². The molecule has 62 heavy (non-hydrogen) atoms. The van der Waals surface area contributed by atoms with Crippen LogP contribution < -0.4 is 0 Å². The van der Waals surface area contributed by atoms with E-state index in [0.717, 1.165) is 72.0 Å². The molecule has 2 unspecified atom stereocenters. The SMILES string of the molecule is CCc1ccc(-c2cccc3c2C=C(CC2C4CC5CC(C4)CC2C5)[CH]3[Zr]([CH3])([CH3])(=[SiH2])[CH]2C(CC3C4CC5CC(C4)CC3C5)=Cc3c(-c4ccc(CC)cc4)cccc32)cc1.Cl.Cl. The van der Waals surface area contributed by atoms with Gasteiger partial charge in [-0.15, -0.1) is 24.8 Å². The minimum absolute atomic E-state index is 0. The van der Waals surface area contributed by atoms with E-state index in [2.05, 4.69) is 127 Å². The Kier molecular flexibility index (Phi) is 11.6. The predicted molar refractivity (Wildman–Crippen MR) is 269 cm³/mol. The summed E-state index contributed by atoms with van der Waals surface area (Å²) in [7, 11) is 0. The van der Waals surface area contributed by atoms with Crippen molar-refractivity contribution in [3.63, 3.8) is 0 Å². The van der Waals surface area contributed by atoms with E-state index in [1.807, 2.05) is 11.1 Å². The Morgan fingerprint density at radius 2 is 0.806 bits per heavy atom. The first-order valence-corrected chi connectivity index (χ1v) is 38.7. The number of hydrogen-bond donors (Lipinski definition) is 0. The van der Waals surface area contributed by atoms with Crippen molar-refractivity contribution < 1.29 is 17.4 Å². The number of benzene rings is 4. The topological polar surface area (TPSA) is 0 Å². The summed E-state index contributed by atoms with van der Waals surface area (Å²) in [6.07, 6.45) is 25.9. The Balaban J connectivity index is 0.00000229. The number of halogens is 2. The van der Waals surface area contributed by atoms with Crippen molar-refractivity contribution in [2.24, 2.45) is 59.2 Å². The van der Waals surface area contributed by atoms with Gasteiger partial charge in [0.1, 0.15) is 0 Å². The number of fused-ring (bicyclic) bond motifs is 2. The molecule has 0 heterocycles. The van der Waals surface area contributed by atoms with Crippen LogP contribution in [-0.2, 0) is 30.2 Å². The van der Waals surface area contributed by atoms with Crippen molar-refractivity contribution >= 4 is 43.8 Å². The molecule has 0 nitrogen and oxygen atoms in total. The first kappa shape index (κ1) is 43.9. The Bertz CT molecular complexity index is 2260. The Labute approximate surface area is 389 Å².